The van der Waals surface area contributed by atoms with Crippen LogP contribution in [0.5, 0.6) is 0 Å². The highest BCUT2D eigenvalue weighted by atomic mass is 16.2. The third-order valence-corrected chi connectivity index (χ3v) is 4.33. The summed E-state index contributed by atoms with van der Waals surface area (Å²) in [5, 5.41) is 10.3. The van der Waals surface area contributed by atoms with E-state index in [0.717, 1.165) is 36.8 Å². The van der Waals surface area contributed by atoms with Gasteiger partial charge >= 0.3 is 0 Å². The molecule has 0 spiro atoms. The van der Waals surface area contributed by atoms with Crippen molar-refractivity contribution in [3.63, 3.8) is 0 Å². The topological polar surface area (TPSA) is 93.9 Å². The summed E-state index contributed by atoms with van der Waals surface area (Å²) < 4.78 is 0. The Labute approximate surface area is 138 Å². The highest BCUT2D eigenvalue weighted by molar-refractivity contribution is 6.14. The largest absolute Gasteiger partial charge is 0.360 e. The summed E-state index contributed by atoms with van der Waals surface area (Å²) in [6.07, 6.45) is 5.16. The van der Waals surface area contributed by atoms with E-state index in [4.69, 9.17) is 0 Å². The van der Waals surface area contributed by atoms with Gasteiger partial charge in [-0.2, -0.15) is 5.10 Å². The molecule has 1 aromatic carbocycles. The van der Waals surface area contributed by atoms with Gasteiger partial charge in [-0.25, -0.2) is 0 Å². The number of likely N-dealkylation sites (tertiary alicyclic amines) is 1. The quantitative estimate of drug-likeness (QED) is 0.691. The first-order valence-corrected chi connectivity index (χ1v) is 7.94. The van der Waals surface area contributed by atoms with Crippen molar-refractivity contribution in [1.82, 2.24) is 20.1 Å². The number of carbonyl (C=O) groups is 2. The molecule has 7 heteroatoms. The SMILES string of the molecule is O=C(Nc1cn[nH]c1C(=O)N1CCCC1)c1c[nH]c2ccccc12. The number of anilines is 1. The first-order valence-electron chi connectivity index (χ1n) is 7.94. The van der Waals surface area contributed by atoms with E-state index in [0.29, 0.717) is 16.9 Å². The van der Waals surface area contributed by atoms with Crippen LogP contribution in [0.4, 0.5) is 5.69 Å². The normalized spacial score (nSPS) is 14.2. The number of carbonyl (C=O) groups excluding carboxylic acids is 2. The Morgan fingerprint density at radius 2 is 1.96 bits per heavy atom. The molecule has 0 aliphatic carbocycles. The highest BCUT2D eigenvalue weighted by Crippen LogP contribution is 2.21. The number of aromatic amines is 2. The molecule has 0 radical (unpaired) electrons. The average Bonchev–Trinajstić information content (AvgIpc) is 3.34. The molecule has 1 aliphatic heterocycles. The predicted molar refractivity (Wildman–Crippen MR) is 90.0 cm³/mol. The summed E-state index contributed by atoms with van der Waals surface area (Å²) in [5.74, 6) is -0.399. The maximum absolute atomic E-state index is 12.6. The lowest BCUT2D eigenvalue weighted by atomic mass is 10.1. The first-order chi connectivity index (χ1) is 11.7. The van der Waals surface area contributed by atoms with Crippen LogP contribution in [0.2, 0.25) is 0 Å². The first kappa shape index (κ1) is 14.5. The molecule has 122 valence electrons. The van der Waals surface area contributed by atoms with Crippen LogP contribution >= 0.6 is 0 Å². The Bertz CT molecular complexity index is 904. The van der Waals surface area contributed by atoms with Crippen LogP contribution in [0.25, 0.3) is 10.9 Å². The summed E-state index contributed by atoms with van der Waals surface area (Å²) in [6.45, 7) is 1.49. The van der Waals surface area contributed by atoms with Gasteiger partial charge in [-0.1, -0.05) is 18.2 Å². The third kappa shape index (κ3) is 2.44. The van der Waals surface area contributed by atoms with Gasteiger partial charge in [-0.05, 0) is 18.9 Å². The summed E-state index contributed by atoms with van der Waals surface area (Å²) in [4.78, 5) is 29.9. The molecule has 24 heavy (non-hydrogen) atoms. The molecule has 0 atom stereocenters. The minimum Gasteiger partial charge on any atom is -0.360 e. The Balaban J connectivity index is 1.58. The zero-order valence-corrected chi connectivity index (χ0v) is 13.0. The van der Waals surface area contributed by atoms with Crippen LogP contribution in [0.3, 0.4) is 0 Å². The van der Waals surface area contributed by atoms with E-state index in [-0.39, 0.29) is 11.8 Å². The molecule has 2 aromatic heterocycles. The molecule has 1 fully saturated rings. The van der Waals surface area contributed by atoms with E-state index < -0.39 is 0 Å². The number of hydrogen-bond acceptors (Lipinski definition) is 3. The zero-order valence-electron chi connectivity index (χ0n) is 13.0. The molecule has 4 rings (SSSR count). The zero-order chi connectivity index (χ0) is 16.5. The van der Waals surface area contributed by atoms with Gasteiger partial charge in [0.05, 0.1) is 17.4 Å². The summed E-state index contributed by atoms with van der Waals surface area (Å²) >= 11 is 0. The number of fused-ring (bicyclic) bond motifs is 1. The molecule has 3 aromatic rings. The fraction of sp³-hybridized carbons (Fsp3) is 0.235. The summed E-state index contributed by atoms with van der Waals surface area (Å²) in [7, 11) is 0. The van der Waals surface area contributed by atoms with Crippen molar-refractivity contribution in [2.45, 2.75) is 12.8 Å². The number of rotatable bonds is 3. The second kappa shape index (κ2) is 5.84. The minimum absolute atomic E-state index is 0.126. The van der Waals surface area contributed by atoms with Crippen molar-refractivity contribution in [2.75, 3.05) is 18.4 Å². The third-order valence-electron chi connectivity index (χ3n) is 4.33. The maximum Gasteiger partial charge on any atom is 0.274 e. The van der Waals surface area contributed by atoms with Crippen LogP contribution < -0.4 is 5.32 Å². The van der Waals surface area contributed by atoms with Gasteiger partial charge < -0.3 is 15.2 Å². The number of nitrogens with zero attached hydrogens (tertiary/aromatic N) is 2. The second-order valence-corrected chi connectivity index (χ2v) is 5.86. The van der Waals surface area contributed by atoms with Gasteiger partial charge in [0, 0.05) is 30.2 Å². The standard InChI is InChI=1S/C17H17N5O2/c23-16(12-9-18-13-6-2-1-5-11(12)13)20-14-10-19-21-15(14)17(24)22-7-3-4-8-22/h1-2,5-6,9-10,18H,3-4,7-8H2,(H,19,21)(H,20,23). The number of amides is 2. The lowest BCUT2D eigenvalue weighted by Gasteiger charge is -2.14. The number of para-hydroxylation sites is 1. The average molecular weight is 323 g/mol. The molecule has 3 N–H and O–H groups in total. The number of nitrogens with one attached hydrogen (secondary N) is 3. The van der Waals surface area contributed by atoms with Crippen LogP contribution in [-0.4, -0.2) is 45.0 Å². The molecule has 0 saturated carbocycles. The van der Waals surface area contributed by atoms with E-state index >= 15 is 0 Å². The van der Waals surface area contributed by atoms with E-state index in [1.807, 2.05) is 24.3 Å². The Morgan fingerprint density at radius 3 is 2.79 bits per heavy atom. The molecule has 1 saturated heterocycles. The Hall–Kier alpha value is -3.09. The van der Waals surface area contributed by atoms with Gasteiger partial charge in [0.15, 0.2) is 0 Å². The van der Waals surface area contributed by atoms with Gasteiger partial charge in [0.1, 0.15) is 5.69 Å². The summed E-state index contributed by atoms with van der Waals surface area (Å²) in [5.41, 5.74) is 2.15. The van der Waals surface area contributed by atoms with E-state index in [9.17, 15) is 9.59 Å². The van der Waals surface area contributed by atoms with Gasteiger partial charge in [-0.3, -0.25) is 14.7 Å². The lowest BCUT2D eigenvalue weighted by molar-refractivity contribution is 0.0788. The Kier molecular flexibility index (Phi) is 3.53. The number of benzene rings is 1. The maximum atomic E-state index is 12.6. The molecule has 0 bridgehead atoms. The van der Waals surface area contributed by atoms with Crippen LogP contribution in [0, 0.1) is 0 Å². The predicted octanol–water partition coefficient (Wildman–Crippen LogP) is 2.38. The van der Waals surface area contributed by atoms with Crippen molar-refractivity contribution in [1.29, 1.82) is 0 Å². The van der Waals surface area contributed by atoms with Gasteiger partial charge in [-0.15, -0.1) is 0 Å². The highest BCUT2D eigenvalue weighted by Gasteiger charge is 2.24. The molecule has 1 aliphatic rings. The molecule has 3 heterocycles. The van der Waals surface area contributed by atoms with Crippen molar-refractivity contribution in [2.24, 2.45) is 0 Å². The van der Waals surface area contributed by atoms with Crippen molar-refractivity contribution >= 4 is 28.4 Å². The van der Waals surface area contributed by atoms with Gasteiger partial charge in [0.25, 0.3) is 11.8 Å². The summed E-state index contributed by atoms with van der Waals surface area (Å²) in [6, 6.07) is 7.58. The molecular formula is C17H17N5O2. The lowest BCUT2D eigenvalue weighted by Crippen LogP contribution is -2.29. The minimum atomic E-state index is -0.274. The smallest absolute Gasteiger partial charge is 0.274 e. The fourth-order valence-corrected chi connectivity index (χ4v) is 3.07. The Morgan fingerprint density at radius 1 is 1.17 bits per heavy atom. The molecule has 0 unspecified atom stereocenters. The number of aromatic nitrogens is 3. The van der Waals surface area contributed by atoms with E-state index in [1.165, 1.54) is 6.20 Å². The van der Waals surface area contributed by atoms with Gasteiger partial charge in [0.2, 0.25) is 0 Å². The van der Waals surface area contributed by atoms with Crippen molar-refractivity contribution in [3.8, 4) is 0 Å². The molecular weight excluding hydrogens is 306 g/mol. The van der Waals surface area contributed by atoms with Crippen LogP contribution in [-0.2, 0) is 0 Å². The van der Waals surface area contributed by atoms with Crippen LogP contribution in [0.15, 0.2) is 36.7 Å². The fourth-order valence-electron chi connectivity index (χ4n) is 3.07. The number of hydrogen-bond donors (Lipinski definition) is 3. The second-order valence-electron chi connectivity index (χ2n) is 5.86. The van der Waals surface area contributed by atoms with Crippen molar-refractivity contribution < 1.29 is 9.59 Å². The van der Waals surface area contributed by atoms with Crippen LogP contribution in [0.1, 0.15) is 33.7 Å². The monoisotopic (exact) mass is 323 g/mol. The van der Waals surface area contributed by atoms with Crippen molar-refractivity contribution in [3.05, 3.63) is 47.9 Å². The molecule has 7 nitrogen and oxygen atoms in total. The number of H-pyrrole nitrogens is 2. The van der Waals surface area contributed by atoms with E-state index in [1.54, 1.807) is 11.1 Å². The molecule has 2 amide bonds. The van der Waals surface area contributed by atoms with E-state index in [2.05, 4.69) is 20.5 Å².